The van der Waals surface area contributed by atoms with Gasteiger partial charge < -0.3 is 15.2 Å². The molecule has 2 aromatic heterocycles. The van der Waals surface area contributed by atoms with E-state index in [4.69, 9.17) is 4.74 Å². The van der Waals surface area contributed by atoms with E-state index in [9.17, 15) is 18.7 Å². The minimum atomic E-state index is -3.62. The summed E-state index contributed by atoms with van der Waals surface area (Å²) in [6.45, 7) is 3.42. The van der Waals surface area contributed by atoms with Crippen molar-refractivity contribution >= 4 is 0 Å². The van der Waals surface area contributed by atoms with E-state index in [1.165, 1.54) is 12.3 Å². The van der Waals surface area contributed by atoms with Crippen LogP contribution in [0.4, 0.5) is 8.78 Å². The summed E-state index contributed by atoms with van der Waals surface area (Å²) in [4.78, 5) is 15.6. The van der Waals surface area contributed by atoms with Gasteiger partial charge >= 0.3 is 11.6 Å². The van der Waals surface area contributed by atoms with Gasteiger partial charge in [0, 0.05) is 43.3 Å². The number of halogens is 2. The fourth-order valence-electron chi connectivity index (χ4n) is 2.89. The van der Waals surface area contributed by atoms with Crippen LogP contribution in [0.1, 0.15) is 30.5 Å². The molecule has 4 atom stereocenters. The minimum absolute atomic E-state index is 0.0165. The average molecular weight is 369 g/mol. The monoisotopic (exact) mass is 369 g/mol. The SMILES string of the molecule is Cc1ccn([C@@H]2O[C@H](CNC(C)c3cnn(C)c3)[C@@H](O)C2(F)F)c(=O)n1. The Bertz CT molecular complexity index is 837. The second-order valence-electron chi connectivity index (χ2n) is 6.48. The number of rotatable bonds is 5. The molecule has 0 spiro atoms. The molecule has 3 heterocycles. The molecule has 0 radical (unpaired) electrons. The van der Waals surface area contributed by atoms with Gasteiger partial charge in [0.1, 0.15) is 12.2 Å². The van der Waals surface area contributed by atoms with Crippen molar-refractivity contribution in [2.75, 3.05) is 6.54 Å². The van der Waals surface area contributed by atoms with Crippen LogP contribution in [0.2, 0.25) is 0 Å². The van der Waals surface area contributed by atoms with Gasteiger partial charge in [-0.1, -0.05) is 0 Å². The quantitative estimate of drug-likeness (QED) is 0.799. The van der Waals surface area contributed by atoms with Gasteiger partial charge in [-0.25, -0.2) is 4.79 Å². The van der Waals surface area contributed by atoms with E-state index in [1.807, 2.05) is 6.92 Å². The third-order valence-electron chi connectivity index (χ3n) is 4.45. The number of nitrogens with zero attached hydrogens (tertiary/aromatic N) is 4. The third kappa shape index (κ3) is 3.39. The maximum absolute atomic E-state index is 14.5. The average Bonchev–Trinajstić information content (AvgIpc) is 3.09. The Labute approximate surface area is 148 Å². The van der Waals surface area contributed by atoms with Gasteiger partial charge in [-0.05, 0) is 19.9 Å². The second-order valence-corrected chi connectivity index (χ2v) is 6.48. The number of aryl methyl sites for hydroxylation is 2. The van der Waals surface area contributed by atoms with Crippen molar-refractivity contribution in [3.63, 3.8) is 0 Å². The third-order valence-corrected chi connectivity index (χ3v) is 4.45. The summed E-state index contributed by atoms with van der Waals surface area (Å²) in [5, 5.41) is 17.1. The standard InChI is InChI=1S/C16H21F2N5O3/c1-9-4-5-23(15(25)21-9)14-16(17,18)13(24)12(26-14)7-19-10(2)11-6-20-22(3)8-11/h4-6,8,10,12-14,19,24H,7H2,1-3H3/t10?,12-,13-,14-/m1/s1. The van der Waals surface area contributed by atoms with Crippen LogP contribution in [0.25, 0.3) is 0 Å². The first-order valence-corrected chi connectivity index (χ1v) is 8.19. The summed E-state index contributed by atoms with van der Waals surface area (Å²) in [5.74, 6) is -3.62. The van der Waals surface area contributed by atoms with E-state index in [1.54, 1.807) is 31.0 Å². The van der Waals surface area contributed by atoms with Gasteiger partial charge in [0.15, 0.2) is 0 Å². The Morgan fingerprint density at radius 3 is 2.85 bits per heavy atom. The predicted octanol–water partition coefficient (Wildman–Crippen LogP) is 0.530. The number of alkyl halides is 2. The lowest BCUT2D eigenvalue weighted by molar-refractivity contribution is -0.140. The highest BCUT2D eigenvalue weighted by atomic mass is 19.3. The van der Waals surface area contributed by atoms with Gasteiger partial charge in [0.2, 0.25) is 6.23 Å². The molecule has 1 aliphatic rings. The molecule has 1 saturated heterocycles. The van der Waals surface area contributed by atoms with Gasteiger partial charge in [0.25, 0.3) is 0 Å². The van der Waals surface area contributed by atoms with E-state index >= 15 is 0 Å². The Hall–Kier alpha value is -2.17. The highest BCUT2D eigenvalue weighted by molar-refractivity contribution is 5.09. The number of hydrogen-bond donors (Lipinski definition) is 2. The highest BCUT2D eigenvalue weighted by Crippen LogP contribution is 2.42. The Morgan fingerprint density at radius 2 is 2.23 bits per heavy atom. The molecule has 0 aliphatic carbocycles. The number of hydrogen-bond acceptors (Lipinski definition) is 6. The maximum Gasteiger partial charge on any atom is 0.350 e. The second kappa shape index (κ2) is 6.86. The molecule has 1 aliphatic heterocycles. The van der Waals surface area contributed by atoms with Crippen molar-refractivity contribution in [3.8, 4) is 0 Å². The lowest BCUT2D eigenvalue weighted by atomic mass is 10.1. The van der Waals surface area contributed by atoms with Crippen molar-refractivity contribution in [1.29, 1.82) is 0 Å². The summed E-state index contributed by atoms with van der Waals surface area (Å²) in [6, 6.07) is 1.26. The highest BCUT2D eigenvalue weighted by Gasteiger charge is 2.59. The van der Waals surface area contributed by atoms with Crippen LogP contribution in [-0.2, 0) is 11.8 Å². The molecule has 3 rings (SSSR count). The van der Waals surface area contributed by atoms with E-state index < -0.39 is 30.0 Å². The molecule has 0 saturated carbocycles. The van der Waals surface area contributed by atoms with Crippen LogP contribution >= 0.6 is 0 Å². The zero-order valence-corrected chi connectivity index (χ0v) is 14.6. The van der Waals surface area contributed by atoms with Gasteiger partial charge in [-0.2, -0.15) is 18.9 Å². The van der Waals surface area contributed by atoms with Crippen molar-refractivity contribution < 1.29 is 18.6 Å². The molecule has 1 unspecified atom stereocenters. The molecular weight excluding hydrogens is 348 g/mol. The first-order chi connectivity index (χ1) is 12.2. The molecule has 2 aromatic rings. The molecular formula is C16H21F2N5O3. The Morgan fingerprint density at radius 1 is 1.50 bits per heavy atom. The van der Waals surface area contributed by atoms with Crippen molar-refractivity contribution in [2.24, 2.45) is 7.05 Å². The fourth-order valence-corrected chi connectivity index (χ4v) is 2.89. The van der Waals surface area contributed by atoms with Gasteiger partial charge in [0.05, 0.1) is 6.20 Å². The number of aromatic nitrogens is 4. The van der Waals surface area contributed by atoms with Crippen LogP contribution in [-0.4, -0.2) is 49.1 Å². The Balaban J connectivity index is 1.73. The summed E-state index contributed by atoms with van der Waals surface area (Å²) in [7, 11) is 1.78. The molecule has 0 bridgehead atoms. The van der Waals surface area contributed by atoms with Crippen LogP contribution in [0.5, 0.6) is 0 Å². The lowest BCUT2D eigenvalue weighted by Gasteiger charge is -2.21. The molecule has 10 heteroatoms. The summed E-state index contributed by atoms with van der Waals surface area (Å²) >= 11 is 0. The molecule has 26 heavy (non-hydrogen) atoms. The van der Waals surface area contributed by atoms with E-state index in [0.717, 1.165) is 5.56 Å². The molecule has 0 amide bonds. The first-order valence-electron chi connectivity index (χ1n) is 8.19. The van der Waals surface area contributed by atoms with Gasteiger partial charge in [-0.3, -0.25) is 9.25 Å². The van der Waals surface area contributed by atoms with E-state index in [-0.39, 0.29) is 12.6 Å². The van der Waals surface area contributed by atoms with Gasteiger partial charge in [-0.15, -0.1) is 0 Å². The first kappa shape index (κ1) is 18.6. The topological polar surface area (TPSA) is 94.2 Å². The molecule has 142 valence electrons. The summed E-state index contributed by atoms with van der Waals surface area (Å²) in [6.07, 6.45) is -0.462. The molecule has 0 aromatic carbocycles. The minimum Gasteiger partial charge on any atom is -0.384 e. The van der Waals surface area contributed by atoms with Crippen molar-refractivity contribution in [3.05, 3.63) is 46.4 Å². The van der Waals surface area contributed by atoms with Crippen molar-refractivity contribution in [2.45, 2.75) is 44.2 Å². The summed E-state index contributed by atoms with van der Waals surface area (Å²) in [5.41, 5.74) is 0.443. The van der Waals surface area contributed by atoms with Crippen LogP contribution < -0.4 is 11.0 Å². The van der Waals surface area contributed by atoms with Crippen molar-refractivity contribution in [1.82, 2.24) is 24.6 Å². The summed E-state index contributed by atoms with van der Waals surface area (Å²) < 4.78 is 36.6. The number of aliphatic hydroxyl groups is 1. The number of ether oxygens (including phenoxy) is 1. The maximum atomic E-state index is 14.5. The zero-order chi connectivity index (χ0) is 19.1. The van der Waals surface area contributed by atoms with E-state index in [2.05, 4.69) is 15.4 Å². The lowest BCUT2D eigenvalue weighted by Crippen LogP contribution is -2.43. The smallest absolute Gasteiger partial charge is 0.350 e. The van der Waals surface area contributed by atoms with Crippen LogP contribution in [0.15, 0.2) is 29.5 Å². The Kier molecular flexibility index (Phi) is 4.91. The van der Waals surface area contributed by atoms with Crippen LogP contribution in [0.3, 0.4) is 0 Å². The van der Waals surface area contributed by atoms with E-state index in [0.29, 0.717) is 10.3 Å². The van der Waals surface area contributed by atoms with Crippen LogP contribution in [0, 0.1) is 6.92 Å². The number of aliphatic hydroxyl groups excluding tert-OH is 1. The molecule has 8 nitrogen and oxygen atoms in total. The fraction of sp³-hybridized carbons (Fsp3) is 0.562. The zero-order valence-electron chi connectivity index (χ0n) is 14.6. The molecule has 1 fully saturated rings. The predicted molar refractivity (Wildman–Crippen MR) is 87.7 cm³/mol. The largest absolute Gasteiger partial charge is 0.384 e. The normalized spacial score (nSPS) is 26.2. The molecule has 2 N–H and O–H groups in total. The number of nitrogens with one attached hydrogen (secondary N) is 1.